The number of allylic oxidation sites excluding steroid dienone is 2. The van der Waals surface area contributed by atoms with Crippen LogP contribution in [0.15, 0.2) is 47.7 Å². The summed E-state index contributed by atoms with van der Waals surface area (Å²) in [6.07, 6.45) is 6.17. The molecule has 1 aromatic heterocycles. The summed E-state index contributed by atoms with van der Waals surface area (Å²) in [6.45, 7) is 4.44. The van der Waals surface area contributed by atoms with E-state index in [-0.39, 0.29) is 35.5 Å². The molecule has 210 valence electrons. The Kier molecular flexibility index (Phi) is 8.68. The summed E-state index contributed by atoms with van der Waals surface area (Å²) in [6, 6.07) is 9.43. The largest absolute Gasteiger partial charge is 0.504 e. The summed E-state index contributed by atoms with van der Waals surface area (Å²) in [5, 5.41) is 21.1. The summed E-state index contributed by atoms with van der Waals surface area (Å²) < 4.78 is 12.1. The van der Waals surface area contributed by atoms with Crippen LogP contribution in [0.4, 0.5) is 0 Å². The topological polar surface area (TPSA) is 109 Å². The molecular weight excluding hydrogens is 622 g/mol. The number of phenolic OH excluding ortho intramolecular Hbond substituents is 1. The summed E-state index contributed by atoms with van der Waals surface area (Å²) in [4.78, 5) is 32.5. The molecule has 0 bridgehead atoms. The second kappa shape index (κ2) is 12.0. The first-order chi connectivity index (χ1) is 19.2. The average Bonchev–Trinajstić information content (AvgIpc) is 3.17. The Hall–Kier alpha value is -2.70. The van der Waals surface area contributed by atoms with E-state index in [2.05, 4.69) is 27.6 Å². The third kappa shape index (κ3) is 5.45. The van der Waals surface area contributed by atoms with E-state index in [1.807, 2.05) is 44.2 Å². The Balaban J connectivity index is 1.45. The lowest BCUT2D eigenvalue weighted by atomic mass is 9.58. The van der Waals surface area contributed by atoms with Crippen LogP contribution < -0.4 is 4.74 Å². The zero-order chi connectivity index (χ0) is 28.6. The molecule has 3 aliphatic rings. The first-order valence-corrected chi connectivity index (χ1v) is 14.9. The Morgan fingerprint density at radius 3 is 2.77 bits per heavy atom. The van der Waals surface area contributed by atoms with Gasteiger partial charge in [0.25, 0.3) is 0 Å². The highest BCUT2D eigenvalue weighted by Gasteiger charge is 2.56. The normalized spacial score (nSPS) is 24.9. The number of hydrogen-bond donors (Lipinski definition) is 2. The van der Waals surface area contributed by atoms with E-state index in [1.165, 1.54) is 12.0 Å². The van der Waals surface area contributed by atoms with Gasteiger partial charge in [0.1, 0.15) is 0 Å². The van der Waals surface area contributed by atoms with Gasteiger partial charge in [0, 0.05) is 12.7 Å². The van der Waals surface area contributed by atoms with Gasteiger partial charge in [0.2, 0.25) is 11.8 Å². The highest BCUT2D eigenvalue weighted by Crippen LogP contribution is 2.50. The van der Waals surface area contributed by atoms with Gasteiger partial charge in [-0.3, -0.25) is 19.5 Å². The highest BCUT2D eigenvalue weighted by molar-refractivity contribution is 14.1. The molecule has 8 nitrogen and oxygen atoms in total. The predicted molar refractivity (Wildman–Crippen MR) is 161 cm³/mol. The number of rotatable bonds is 8. The Bertz CT molecular complexity index is 1360. The van der Waals surface area contributed by atoms with Crippen molar-refractivity contribution < 1.29 is 29.1 Å². The van der Waals surface area contributed by atoms with Crippen molar-refractivity contribution in [1.29, 1.82) is 0 Å². The van der Waals surface area contributed by atoms with Gasteiger partial charge < -0.3 is 19.5 Å². The minimum atomic E-state index is -1.00. The molecule has 2 amide bonds. The number of phenols is 1. The molecule has 2 aromatic rings. The van der Waals surface area contributed by atoms with Gasteiger partial charge in [0.15, 0.2) is 11.5 Å². The van der Waals surface area contributed by atoms with Crippen LogP contribution in [-0.2, 0) is 14.2 Å². The minimum absolute atomic E-state index is 0.0767. The van der Waals surface area contributed by atoms with Crippen LogP contribution in [0.5, 0.6) is 11.5 Å². The van der Waals surface area contributed by atoms with Crippen LogP contribution in [0.25, 0.3) is 11.6 Å². The van der Waals surface area contributed by atoms with Crippen molar-refractivity contribution in [2.75, 3.05) is 13.7 Å². The zero-order valence-corrected chi connectivity index (χ0v) is 25.1. The number of nitrogens with zero attached hydrogens (tertiary/aromatic N) is 2. The summed E-state index contributed by atoms with van der Waals surface area (Å²) in [7, 11) is 0.522. The number of halogens is 1. The highest BCUT2D eigenvalue weighted by atomic mass is 127. The van der Waals surface area contributed by atoms with Crippen molar-refractivity contribution in [3.05, 3.63) is 62.5 Å². The molecule has 10 heteroatoms. The fourth-order valence-corrected chi connectivity index (χ4v) is 7.20. The maximum absolute atomic E-state index is 13.4. The van der Waals surface area contributed by atoms with Gasteiger partial charge in [-0.1, -0.05) is 18.6 Å². The van der Waals surface area contributed by atoms with Crippen molar-refractivity contribution in [1.82, 2.24) is 9.88 Å². The second-order valence-electron chi connectivity index (χ2n) is 10.8. The molecule has 3 heterocycles. The monoisotopic (exact) mass is 656 g/mol. The maximum atomic E-state index is 13.4. The number of aromatic nitrogens is 1. The SMILES string of the molecule is CCCN1C(=O)[C@@H]2[C@@H](CC(C)=C3[C@@H](CC/C(=C/c4cc(I)c(O)c(OC)c4)c4ccccn4)OB(O)C[C@@H]32)C1=O. The van der Waals surface area contributed by atoms with E-state index < -0.39 is 13.0 Å². The number of amides is 2. The van der Waals surface area contributed by atoms with E-state index in [9.17, 15) is 19.7 Å². The van der Waals surface area contributed by atoms with E-state index in [4.69, 9.17) is 9.39 Å². The third-order valence-electron chi connectivity index (χ3n) is 8.27. The number of carbonyl (C=O) groups excluding carboxylic acids is 2. The van der Waals surface area contributed by atoms with Crippen LogP contribution in [0, 0.1) is 21.3 Å². The number of hydrogen-bond acceptors (Lipinski definition) is 7. The minimum Gasteiger partial charge on any atom is -0.504 e. The fraction of sp³-hybridized carbons (Fsp3) is 0.433. The van der Waals surface area contributed by atoms with Crippen molar-refractivity contribution >= 4 is 53.2 Å². The number of benzene rings is 1. The van der Waals surface area contributed by atoms with Crippen LogP contribution in [0.2, 0.25) is 6.32 Å². The smallest absolute Gasteiger partial charge is 0.455 e. The summed E-state index contributed by atoms with van der Waals surface area (Å²) >= 11 is 2.08. The lowest BCUT2D eigenvalue weighted by Crippen LogP contribution is -2.46. The van der Waals surface area contributed by atoms with Crippen LogP contribution in [0.1, 0.15) is 50.8 Å². The molecule has 0 unspecified atom stereocenters. The molecular formula is C30H34BIN2O6. The molecule has 4 atom stereocenters. The number of methoxy groups -OCH3 is 1. The summed E-state index contributed by atoms with van der Waals surface area (Å²) in [5.74, 6) is -0.685. The van der Waals surface area contributed by atoms with Crippen molar-refractivity contribution in [3.63, 3.8) is 0 Å². The Labute approximate surface area is 248 Å². The van der Waals surface area contributed by atoms with Gasteiger partial charge >= 0.3 is 7.12 Å². The molecule has 1 aliphatic carbocycles. The van der Waals surface area contributed by atoms with Gasteiger partial charge in [0.05, 0.1) is 34.3 Å². The van der Waals surface area contributed by atoms with Crippen molar-refractivity contribution in [2.45, 2.75) is 52.0 Å². The molecule has 0 spiro atoms. The number of likely N-dealkylation sites (tertiary alicyclic amines) is 1. The predicted octanol–water partition coefficient (Wildman–Crippen LogP) is 4.95. The molecule has 2 aliphatic heterocycles. The van der Waals surface area contributed by atoms with Crippen molar-refractivity contribution in [2.24, 2.45) is 17.8 Å². The molecule has 2 N–H and O–H groups in total. The molecule has 0 saturated carbocycles. The summed E-state index contributed by atoms with van der Waals surface area (Å²) in [5.41, 5.74) is 4.80. The first kappa shape index (κ1) is 28.8. The molecule has 40 heavy (non-hydrogen) atoms. The Morgan fingerprint density at radius 2 is 2.08 bits per heavy atom. The number of pyridine rings is 1. The van der Waals surface area contributed by atoms with Crippen LogP contribution >= 0.6 is 22.6 Å². The molecule has 0 radical (unpaired) electrons. The van der Waals surface area contributed by atoms with Crippen LogP contribution in [0.3, 0.4) is 0 Å². The van der Waals surface area contributed by atoms with E-state index in [0.717, 1.165) is 34.4 Å². The quantitative estimate of drug-likeness (QED) is 0.179. The zero-order valence-electron chi connectivity index (χ0n) is 23.0. The number of fused-ring (bicyclic) bond motifs is 3. The maximum Gasteiger partial charge on any atom is 0.455 e. The number of aromatic hydroxyl groups is 1. The van der Waals surface area contributed by atoms with E-state index in [0.29, 0.717) is 41.4 Å². The van der Waals surface area contributed by atoms with E-state index in [1.54, 1.807) is 12.3 Å². The number of ether oxygens (including phenoxy) is 1. The van der Waals surface area contributed by atoms with Crippen molar-refractivity contribution in [3.8, 4) is 11.5 Å². The lowest BCUT2D eigenvalue weighted by Gasteiger charge is -2.42. The molecule has 1 aromatic carbocycles. The van der Waals surface area contributed by atoms with Gasteiger partial charge in [-0.15, -0.1) is 0 Å². The average molecular weight is 656 g/mol. The van der Waals surface area contributed by atoms with Gasteiger partial charge in [-0.05, 0) is 114 Å². The van der Waals surface area contributed by atoms with E-state index >= 15 is 0 Å². The molecule has 5 rings (SSSR count). The van der Waals surface area contributed by atoms with Crippen LogP contribution in [-0.4, -0.2) is 58.7 Å². The lowest BCUT2D eigenvalue weighted by molar-refractivity contribution is -0.140. The first-order valence-electron chi connectivity index (χ1n) is 13.8. The number of imide groups is 1. The molecule has 2 saturated heterocycles. The van der Waals surface area contributed by atoms with Gasteiger partial charge in [-0.2, -0.15) is 0 Å². The molecule has 2 fully saturated rings. The second-order valence-corrected chi connectivity index (χ2v) is 12.0. The number of carbonyl (C=O) groups is 2. The van der Waals surface area contributed by atoms with Gasteiger partial charge in [-0.25, -0.2) is 0 Å². The third-order valence-corrected chi connectivity index (χ3v) is 9.09. The Morgan fingerprint density at radius 1 is 1.27 bits per heavy atom. The standard InChI is InChI=1S/C30H34BIN2O6/c1-4-11-34-29(36)20-12-17(2)26-21(27(20)30(34)37)16-31(38)40-24(26)9-8-19(23-7-5-6-10-33-23)13-18-14-22(32)28(35)25(15-18)39-3/h5-7,10,13-15,20-21,24,27,35,38H,4,8-9,11-12,16H2,1-3H3/b19-13-/t20-,21+,24-,27-/m1/s1. The fourth-order valence-electron chi connectivity index (χ4n) is 6.58.